The maximum Gasteiger partial charge on any atom is 0.153 e. The second-order valence-corrected chi connectivity index (χ2v) is 5.89. The molecule has 0 fully saturated rings. The fourth-order valence-corrected chi connectivity index (χ4v) is 2.82. The van der Waals surface area contributed by atoms with Gasteiger partial charge < -0.3 is 5.73 Å². The minimum atomic E-state index is 0.519. The average molecular weight is 284 g/mol. The van der Waals surface area contributed by atoms with Crippen molar-refractivity contribution in [2.75, 3.05) is 5.73 Å². The molecule has 0 bridgehead atoms. The molecule has 3 N–H and O–H groups in total. The normalized spacial score (nSPS) is 11.2. The van der Waals surface area contributed by atoms with Crippen molar-refractivity contribution in [1.82, 2.24) is 15.2 Å². The smallest absolute Gasteiger partial charge is 0.153 e. The zero-order chi connectivity index (χ0) is 14.1. The van der Waals surface area contributed by atoms with Crippen LogP contribution in [0.25, 0.3) is 21.7 Å². The van der Waals surface area contributed by atoms with Gasteiger partial charge in [-0.2, -0.15) is 5.10 Å². The van der Waals surface area contributed by atoms with Crippen molar-refractivity contribution >= 4 is 17.2 Å². The van der Waals surface area contributed by atoms with E-state index in [0.29, 0.717) is 11.7 Å². The summed E-state index contributed by atoms with van der Waals surface area (Å²) in [7, 11) is 0. The predicted molar refractivity (Wildman–Crippen MR) is 83.6 cm³/mol. The van der Waals surface area contributed by atoms with Crippen molar-refractivity contribution in [3.63, 3.8) is 0 Å². The Bertz CT molecular complexity index is 696. The Labute approximate surface area is 121 Å². The number of rotatable bonds is 3. The van der Waals surface area contributed by atoms with Crippen LogP contribution in [-0.2, 0) is 0 Å². The van der Waals surface area contributed by atoms with Gasteiger partial charge in [-0.05, 0) is 17.0 Å². The summed E-state index contributed by atoms with van der Waals surface area (Å²) in [6, 6.07) is 8.48. The summed E-state index contributed by atoms with van der Waals surface area (Å²) in [6.07, 6.45) is 1.82. The lowest BCUT2D eigenvalue weighted by atomic mass is 9.98. The van der Waals surface area contributed by atoms with E-state index in [1.807, 2.05) is 6.20 Å². The lowest BCUT2D eigenvalue weighted by Gasteiger charge is -2.07. The van der Waals surface area contributed by atoms with Crippen molar-refractivity contribution in [3.8, 4) is 21.7 Å². The van der Waals surface area contributed by atoms with Crippen LogP contribution in [0.1, 0.15) is 25.3 Å². The Morgan fingerprint density at radius 2 is 1.95 bits per heavy atom. The van der Waals surface area contributed by atoms with Gasteiger partial charge in [0.05, 0.1) is 21.6 Å². The minimum Gasteiger partial charge on any atom is -0.382 e. The first-order chi connectivity index (χ1) is 9.66. The van der Waals surface area contributed by atoms with Gasteiger partial charge in [-0.15, -0.1) is 11.3 Å². The summed E-state index contributed by atoms with van der Waals surface area (Å²) in [5.74, 6) is 1.04. The van der Waals surface area contributed by atoms with E-state index in [-0.39, 0.29) is 0 Å². The number of hydrogen-bond acceptors (Lipinski definition) is 4. The van der Waals surface area contributed by atoms with Crippen molar-refractivity contribution in [2.24, 2.45) is 0 Å². The molecule has 102 valence electrons. The summed E-state index contributed by atoms with van der Waals surface area (Å²) in [4.78, 5) is 5.15. The molecular formula is C15H16N4S. The molecule has 5 heteroatoms. The Morgan fingerprint density at radius 3 is 2.55 bits per heavy atom. The molecule has 1 aromatic carbocycles. The van der Waals surface area contributed by atoms with E-state index in [1.165, 1.54) is 5.56 Å². The zero-order valence-corrected chi connectivity index (χ0v) is 12.2. The van der Waals surface area contributed by atoms with Crippen LogP contribution in [-0.4, -0.2) is 15.2 Å². The van der Waals surface area contributed by atoms with Gasteiger partial charge in [0.1, 0.15) is 0 Å². The van der Waals surface area contributed by atoms with E-state index < -0.39 is 0 Å². The summed E-state index contributed by atoms with van der Waals surface area (Å²) < 4.78 is 0. The summed E-state index contributed by atoms with van der Waals surface area (Å²) in [5.41, 5.74) is 12.1. The molecule has 0 radical (unpaired) electrons. The molecule has 2 heterocycles. The Balaban J connectivity index is 2.08. The monoisotopic (exact) mass is 284 g/mol. The highest BCUT2D eigenvalue weighted by Crippen LogP contribution is 2.36. The van der Waals surface area contributed by atoms with Crippen molar-refractivity contribution in [2.45, 2.75) is 19.8 Å². The van der Waals surface area contributed by atoms with E-state index >= 15 is 0 Å². The fraction of sp³-hybridized carbons (Fsp3) is 0.200. The molecule has 0 atom stereocenters. The number of aromatic amines is 1. The third-order valence-corrected chi connectivity index (χ3v) is 4.13. The first-order valence-corrected chi connectivity index (χ1v) is 7.38. The van der Waals surface area contributed by atoms with E-state index in [2.05, 4.69) is 53.3 Å². The Morgan fingerprint density at radius 1 is 1.20 bits per heavy atom. The van der Waals surface area contributed by atoms with Crippen molar-refractivity contribution in [3.05, 3.63) is 41.5 Å². The van der Waals surface area contributed by atoms with Gasteiger partial charge in [0, 0.05) is 6.20 Å². The Hall–Kier alpha value is -2.14. The molecule has 0 amide bonds. The van der Waals surface area contributed by atoms with E-state index in [9.17, 15) is 0 Å². The van der Waals surface area contributed by atoms with Crippen LogP contribution >= 0.6 is 11.3 Å². The molecule has 0 aliphatic carbocycles. The van der Waals surface area contributed by atoms with Crippen molar-refractivity contribution < 1.29 is 0 Å². The number of nitrogens with zero attached hydrogens (tertiary/aromatic N) is 2. The van der Waals surface area contributed by atoms with E-state index in [4.69, 9.17) is 5.73 Å². The van der Waals surface area contributed by atoms with Crippen LogP contribution in [0.3, 0.4) is 0 Å². The number of aromatic nitrogens is 3. The van der Waals surface area contributed by atoms with Gasteiger partial charge in [0.15, 0.2) is 5.82 Å². The molecule has 0 spiro atoms. The van der Waals surface area contributed by atoms with Gasteiger partial charge in [-0.3, -0.25) is 10.1 Å². The van der Waals surface area contributed by atoms with Gasteiger partial charge >= 0.3 is 0 Å². The highest BCUT2D eigenvalue weighted by atomic mass is 32.1. The molecule has 20 heavy (non-hydrogen) atoms. The van der Waals surface area contributed by atoms with E-state index in [1.54, 1.807) is 16.8 Å². The first-order valence-electron chi connectivity index (χ1n) is 6.50. The van der Waals surface area contributed by atoms with Gasteiger partial charge in [0.2, 0.25) is 0 Å². The molecule has 3 aromatic rings. The largest absolute Gasteiger partial charge is 0.382 e. The summed E-state index contributed by atoms with van der Waals surface area (Å²) >= 11 is 1.57. The van der Waals surface area contributed by atoms with Crippen LogP contribution in [0.15, 0.2) is 36.0 Å². The third-order valence-electron chi connectivity index (χ3n) is 3.34. The topological polar surface area (TPSA) is 67.6 Å². The average Bonchev–Trinajstić information content (AvgIpc) is 3.07. The van der Waals surface area contributed by atoms with Crippen LogP contribution in [0.5, 0.6) is 0 Å². The number of nitrogens with one attached hydrogen (secondary N) is 1. The molecule has 0 saturated carbocycles. The molecule has 0 aliphatic heterocycles. The SMILES string of the molecule is CC(C)c1ccc(-c2c(N)n[nH]c2-c2cncs2)cc1. The quantitative estimate of drug-likeness (QED) is 0.766. The van der Waals surface area contributed by atoms with Gasteiger partial charge in [-0.1, -0.05) is 38.1 Å². The van der Waals surface area contributed by atoms with Crippen LogP contribution in [0, 0.1) is 0 Å². The number of anilines is 1. The summed E-state index contributed by atoms with van der Waals surface area (Å²) in [5, 5.41) is 7.15. The number of nitrogens with two attached hydrogens (primary N) is 1. The first kappa shape index (κ1) is 12.9. The Kier molecular flexibility index (Phi) is 3.28. The molecule has 2 aromatic heterocycles. The lowest BCUT2D eigenvalue weighted by Crippen LogP contribution is -1.90. The zero-order valence-electron chi connectivity index (χ0n) is 11.4. The predicted octanol–water partition coefficient (Wildman–Crippen LogP) is 3.91. The maximum absolute atomic E-state index is 6.02. The minimum absolute atomic E-state index is 0.519. The number of thiazole rings is 1. The molecule has 0 unspecified atom stereocenters. The van der Waals surface area contributed by atoms with Crippen molar-refractivity contribution in [1.29, 1.82) is 0 Å². The van der Waals surface area contributed by atoms with Crippen LogP contribution in [0.2, 0.25) is 0 Å². The fourth-order valence-electron chi connectivity index (χ4n) is 2.20. The number of H-pyrrole nitrogens is 1. The second kappa shape index (κ2) is 5.09. The number of nitrogen functional groups attached to an aromatic ring is 1. The summed E-state index contributed by atoms with van der Waals surface area (Å²) in [6.45, 7) is 4.37. The number of benzene rings is 1. The van der Waals surface area contributed by atoms with Crippen LogP contribution in [0.4, 0.5) is 5.82 Å². The number of hydrogen-bond donors (Lipinski definition) is 2. The molecular weight excluding hydrogens is 268 g/mol. The highest BCUT2D eigenvalue weighted by Gasteiger charge is 2.15. The second-order valence-electron chi connectivity index (χ2n) is 5.00. The standard InChI is InChI=1S/C15H16N4S/c1-9(2)10-3-5-11(6-4-10)13-14(18-19-15(13)16)12-7-17-8-20-12/h3-9H,1-2H3,(H3,16,18,19). The molecule has 4 nitrogen and oxygen atoms in total. The lowest BCUT2D eigenvalue weighted by molar-refractivity contribution is 0.867. The van der Waals surface area contributed by atoms with E-state index in [0.717, 1.165) is 21.7 Å². The third kappa shape index (κ3) is 2.20. The molecule has 3 rings (SSSR count). The highest BCUT2D eigenvalue weighted by molar-refractivity contribution is 7.13. The van der Waals surface area contributed by atoms with Gasteiger partial charge in [-0.25, -0.2) is 0 Å². The van der Waals surface area contributed by atoms with Crippen LogP contribution < -0.4 is 5.73 Å². The van der Waals surface area contributed by atoms with Gasteiger partial charge in [0.25, 0.3) is 0 Å². The maximum atomic E-state index is 6.02. The molecule has 0 saturated heterocycles. The molecule has 0 aliphatic rings.